The molecule has 2 amide bonds. The third-order valence-electron chi connectivity index (χ3n) is 5.32. The maximum atomic E-state index is 12.8. The lowest BCUT2D eigenvalue weighted by Crippen LogP contribution is -2.47. The molecule has 0 bridgehead atoms. The number of nitrogens with one attached hydrogen (secondary N) is 1. The van der Waals surface area contributed by atoms with Crippen molar-refractivity contribution in [3.63, 3.8) is 0 Å². The summed E-state index contributed by atoms with van der Waals surface area (Å²) in [7, 11) is 0. The number of fused-ring (bicyclic) bond motifs is 1. The predicted molar refractivity (Wildman–Crippen MR) is 115 cm³/mol. The molecule has 1 aliphatic rings. The summed E-state index contributed by atoms with van der Waals surface area (Å²) in [6, 6.07) is 15.1. The van der Waals surface area contributed by atoms with Crippen molar-refractivity contribution >= 4 is 45.9 Å². The second-order valence-electron chi connectivity index (χ2n) is 7.23. The van der Waals surface area contributed by atoms with Crippen molar-refractivity contribution in [3.8, 4) is 0 Å². The van der Waals surface area contributed by atoms with Crippen LogP contribution in [0.5, 0.6) is 0 Å². The van der Waals surface area contributed by atoms with Gasteiger partial charge in [-0.3, -0.25) is 9.59 Å². The summed E-state index contributed by atoms with van der Waals surface area (Å²) in [6.07, 6.45) is 3.33. The van der Waals surface area contributed by atoms with Crippen molar-refractivity contribution in [1.82, 2.24) is 14.8 Å². The first-order valence-electron chi connectivity index (χ1n) is 9.59. The molecule has 0 unspecified atom stereocenters. The Morgan fingerprint density at radius 3 is 2.38 bits per heavy atom. The SMILES string of the molecule is O=C(Cn1ccc2ccccc21)NC1CCN(C(=O)c2c(Cl)cccc2Cl)CC1. The Morgan fingerprint density at radius 1 is 0.966 bits per heavy atom. The molecule has 1 saturated heterocycles. The molecule has 0 atom stereocenters. The molecule has 7 heteroatoms. The number of carbonyl (C=O) groups is 2. The van der Waals surface area contributed by atoms with Gasteiger partial charge in [0.05, 0.1) is 15.6 Å². The second-order valence-corrected chi connectivity index (χ2v) is 8.05. The minimum atomic E-state index is -0.163. The zero-order valence-corrected chi connectivity index (χ0v) is 17.3. The van der Waals surface area contributed by atoms with E-state index in [-0.39, 0.29) is 24.4 Å². The molecule has 1 N–H and O–H groups in total. The van der Waals surface area contributed by atoms with Crippen LogP contribution in [0.3, 0.4) is 0 Å². The van der Waals surface area contributed by atoms with Crippen LogP contribution in [0, 0.1) is 0 Å². The van der Waals surface area contributed by atoms with E-state index >= 15 is 0 Å². The van der Waals surface area contributed by atoms with Gasteiger partial charge in [-0.2, -0.15) is 0 Å². The average molecular weight is 430 g/mol. The number of hydrogen-bond acceptors (Lipinski definition) is 2. The Bertz CT molecular complexity index is 1030. The van der Waals surface area contributed by atoms with Gasteiger partial charge in [0.15, 0.2) is 0 Å². The molecule has 0 radical (unpaired) electrons. The van der Waals surface area contributed by atoms with Crippen molar-refractivity contribution in [1.29, 1.82) is 0 Å². The highest BCUT2D eigenvalue weighted by Gasteiger charge is 2.27. The molecule has 0 spiro atoms. The third-order valence-corrected chi connectivity index (χ3v) is 5.95. The van der Waals surface area contributed by atoms with E-state index in [1.54, 1.807) is 23.1 Å². The van der Waals surface area contributed by atoms with Gasteiger partial charge in [0.1, 0.15) is 6.54 Å². The number of hydrogen-bond donors (Lipinski definition) is 1. The number of aromatic nitrogens is 1. The highest BCUT2D eigenvalue weighted by atomic mass is 35.5. The molecule has 2 heterocycles. The maximum absolute atomic E-state index is 12.8. The van der Waals surface area contributed by atoms with E-state index in [0.717, 1.165) is 10.9 Å². The molecule has 1 aromatic heterocycles. The van der Waals surface area contributed by atoms with E-state index in [0.29, 0.717) is 41.5 Å². The Hall–Kier alpha value is -2.50. The molecular formula is C22H21Cl2N3O2. The third kappa shape index (κ3) is 4.26. The van der Waals surface area contributed by atoms with Crippen molar-refractivity contribution in [2.45, 2.75) is 25.4 Å². The van der Waals surface area contributed by atoms with Gasteiger partial charge in [-0.1, -0.05) is 47.5 Å². The van der Waals surface area contributed by atoms with Crippen LogP contribution in [0.4, 0.5) is 0 Å². The largest absolute Gasteiger partial charge is 0.352 e. The van der Waals surface area contributed by atoms with Gasteiger partial charge in [0.25, 0.3) is 5.91 Å². The molecule has 1 fully saturated rings. The fourth-order valence-corrected chi connectivity index (χ4v) is 4.35. The molecule has 0 aliphatic carbocycles. The zero-order chi connectivity index (χ0) is 20.4. The van der Waals surface area contributed by atoms with Crippen LogP contribution >= 0.6 is 23.2 Å². The van der Waals surface area contributed by atoms with Gasteiger partial charge in [-0.25, -0.2) is 0 Å². The molecule has 2 aromatic carbocycles. The number of rotatable bonds is 4. The van der Waals surface area contributed by atoms with Gasteiger partial charge < -0.3 is 14.8 Å². The number of likely N-dealkylation sites (tertiary alicyclic amines) is 1. The maximum Gasteiger partial charge on any atom is 0.256 e. The summed E-state index contributed by atoms with van der Waals surface area (Å²) in [5, 5.41) is 4.93. The lowest BCUT2D eigenvalue weighted by molar-refractivity contribution is -0.122. The van der Waals surface area contributed by atoms with Crippen molar-refractivity contribution in [3.05, 3.63) is 70.3 Å². The number of para-hydroxylation sites is 1. The highest BCUT2D eigenvalue weighted by molar-refractivity contribution is 6.39. The van der Waals surface area contributed by atoms with Crippen LogP contribution in [-0.4, -0.2) is 40.4 Å². The first kappa shape index (κ1) is 19.8. The molecule has 5 nitrogen and oxygen atoms in total. The quantitative estimate of drug-likeness (QED) is 0.669. The Labute approximate surface area is 179 Å². The van der Waals surface area contributed by atoms with Crippen molar-refractivity contribution in [2.24, 2.45) is 0 Å². The second kappa shape index (κ2) is 8.47. The van der Waals surface area contributed by atoms with Gasteiger partial charge in [-0.05, 0) is 42.5 Å². The summed E-state index contributed by atoms with van der Waals surface area (Å²) in [4.78, 5) is 27.0. The van der Waals surface area contributed by atoms with Crippen LogP contribution in [0.1, 0.15) is 23.2 Å². The van der Waals surface area contributed by atoms with Gasteiger partial charge in [-0.15, -0.1) is 0 Å². The Morgan fingerprint density at radius 2 is 1.66 bits per heavy atom. The number of benzene rings is 2. The molecule has 0 saturated carbocycles. The summed E-state index contributed by atoms with van der Waals surface area (Å²) >= 11 is 12.3. The van der Waals surface area contributed by atoms with E-state index in [1.807, 2.05) is 41.1 Å². The number of amides is 2. The molecule has 29 heavy (non-hydrogen) atoms. The van der Waals surface area contributed by atoms with Gasteiger partial charge in [0.2, 0.25) is 5.91 Å². The van der Waals surface area contributed by atoms with E-state index in [9.17, 15) is 9.59 Å². The zero-order valence-electron chi connectivity index (χ0n) is 15.8. The lowest BCUT2D eigenvalue weighted by atomic mass is 10.0. The molecule has 150 valence electrons. The Balaban J connectivity index is 1.33. The van der Waals surface area contributed by atoms with Gasteiger partial charge >= 0.3 is 0 Å². The minimum Gasteiger partial charge on any atom is -0.352 e. The van der Waals surface area contributed by atoms with Crippen LogP contribution < -0.4 is 5.32 Å². The number of nitrogens with zero attached hydrogens (tertiary/aromatic N) is 2. The minimum absolute atomic E-state index is 0.0229. The Kier molecular flexibility index (Phi) is 5.79. The summed E-state index contributed by atoms with van der Waals surface area (Å²) in [6.45, 7) is 1.39. The number of carbonyl (C=O) groups excluding carboxylic acids is 2. The topological polar surface area (TPSA) is 54.3 Å². The summed E-state index contributed by atoms with van der Waals surface area (Å²) in [5.41, 5.74) is 1.39. The predicted octanol–water partition coefficient (Wildman–Crippen LogP) is 4.37. The normalized spacial score (nSPS) is 14.9. The molecule has 1 aliphatic heterocycles. The van der Waals surface area contributed by atoms with Crippen molar-refractivity contribution in [2.75, 3.05) is 13.1 Å². The summed E-state index contributed by atoms with van der Waals surface area (Å²) in [5.74, 6) is -0.186. The average Bonchev–Trinajstić information content (AvgIpc) is 3.11. The van der Waals surface area contributed by atoms with E-state index in [2.05, 4.69) is 5.32 Å². The van der Waals surface area contributed by atoms with E-state index in [1.165, 1.54) is 0 Å². The van der Waals surface area contributed by atoms with Crippen LogP contribution in [0.2, 0.25) is 10.0 Å². The first-order valence-corrected chi connectivity index (χ1v) is 10.3. The monoisotopic (exact) mass is 429 g/mol. The van der Waals surface area contributed by atoms with E-state index < -0.39 is 0 Å². The van der Waals surface area contributed by atoms with Crippen LogP contribution in [0.15, 0.2) is 54.7 Å². The smallest absolute Gasteiger partial charge is 0.256 e. The number of piperidine rings is 1. The first-order chi connectivity index (χ1) is 14.0. The van der Waals surface area contributed by atoms with Crippen LogP contribution in [0.25, 0.3) is 10.9 Å². The van der Waals surface area contributed by atoms with Crippen molar-refractivity contribution < 1.29 is 9.59 Å². The molecule has 3 aromatic rings. The fraction of sp³-hybridized carbons (Fsp3) is 0.273. The standard InChI is InChI=1S/C22H21Cl2N3O2/c23-17-5-3-6-18(24)21(17)22(29)26-12-9-16(10-13-26)25-20(28)14-27-11-8-15-4-1-2-7-19(15)27/h1-8,11,16H,9-10,12-14H2,(H,25,28). The number of halogens is 2. The lowest BCUT2D eigenvalue weighted by Gasteiger charge is -2.32. The van der Waals surface area contributed by atoms with Gasteiger partial charge in [0, 0.05) is 30.8 Å². The van der Waals surface area contributed by atoms with Crippen LogP contribution in [-0.2, 0) is 11.3 Å². The molecule has 4 rings (SSSR count). The fourth-order valence-electron chi connectivity index (χ4n) is 3.79. The molecular weight excluding hydrogens is 409 g/mol. The summed E-state index contributed by atoms with van der Waals surface area (Å²) < 4.78 is 1.95. The van der Waals surface area contributed by atoms with E-state index in [4.69, 9.17) is 23.2 Å². The highest BCUT2D eigenvalue weighted by Crippen LogP contribution is 2.27.